The molecule has 96 valence electrons. The zero-order chi connectivity index (χ0) is 12.6. The largest absolute Gasteiger partial charge is 0.480 e. The molecule has 0 spiro atoms. The Labute approximate surface area is 99.6 Å². The number of amides is 1. The van der Waals surface area contributed by atoms with E-state index in [1.807, 2.05) is 6.92 Å². The van der Waals surface area contributed by atoms with Gasteiger partial charge in [0.05, 0.1) is 12.0 Å². The maximum Gasteiger partial charge on any atom is 0.326 e. The van der Waals surface area contributed by atoms with Crippen LogP contribution in [0.2, 0.25) is 0 Å². The first-order valence-electron chi connectivity index (χ1n) is 5.92. The van der Waals surface area contributed by atoms with Gasteiger partial charge in [-0.3, -0.25) is 4.79 Å². The van der Waals surface area contributed by atoms with Crippen LogP contribution in [0.25, 0.3) is 0 Å². The summed E-state index contributed by atoms with van der Waals surface area (Å²) in [4.78, 5) is 24.6. The molecule has 2 aliphatic rings. The predicted molar refractivity (Wildman–Crippen MR) is 59.3 cm³/mol. The molecule has 3 N–H and O–H groups in total. The van der Waals surface area contributed by atoms with Crippen LogP contribution < -0.4 is 5.32 Å². The van der Waals surface area contributed by atoms with E-state index < -0.39 is 18.1 Å². The van der Waals surface area contributed by atoms with Gasteiger partial charge in [-0.05, 0) is 12.5 Å². The average molecular weight is 242 g/mol. The van der Waals surface area contributed by atoms with Crippen LogP contribution in [-0.4, -0.2) is 58.8 Å². The number of rotatable bonds is 2. The highest BCUT2D eigenvalue weighted by atomic mass is 16.4. The van der Waals surface area contributed by atoms with E-state index in [9.17, 15) is 14.7 Å². The molecule has 0 aromatic heterocycles. The van der Waals surface area contributed by atoms with Gasteiger partial charge >= 0.3 is 5.97 Å². The second kappa shape index (κ2) is 4.62. The van der Waals surface area contributed by atoms with E-state index in [1.165, 1.54) is 4.90 Å². The van der Waals surface area contributed by atoms with Gasteiger partial charge in [0.1, 0.15) is 6.04 Å². The van der Waals surface area contributed by atoms with Crippen molar-refractivity contribution in [2.45, 2.75) is 25.5 Å². The number of carbonyl (C=O) groups is 2. The van der Waals surface area contributed by atoms with Gasteiger partial charge in [-0.25, -0.2) is 4.79 Å². The Hall–Kier alpha value is -1.14. The highest BCUT2D eigenvalue weighted by Crippen LogP contribution is 2.25. The fourth-order valence-electron chi connectivity index (χ4n) is 2.65. The molecule has 4 atom stereocenters. The lowest BCUT2D eigenvalue weighted by Gasteiger charge is -2.25. The van der Waals surface area contributed by atoms with Gasteiger partial charge in [-0.2, -0.15) is 0 Å². The zero-order valence-electron chi connectivity index (χ0n) is 9.80. The standard InChI is InChI=1S/C11H18N2O4/c1-6-3-12-4-8(6)10(15)13-5-7(14)2-9(13)11(16)17/h6-9,12,14H,2-5H2,1H3,(H,16,17). The lowest BCUT2D eigenvalue weighted by atomic mass is 9.96. The SMILES string of the molecule is CC1CNCC1C(=O)N1CC(O)CC1C(=O)O. The van der Waals surface area contributed by atoms with Crippen molar-refractivity contribution in [1.29, 1.82) is 0 Å². The highest BCUT2D eigenvalue weighted by molar-refractivity contribution is 5.86. The molecule has 0 bridgehead atoms. The molecular weight excluding hydrogens is 224 g/mol. The van der Waals surface area contributed by atoms with Crippen LogP contribution in [0, 0.1) is 11.8 Å². The summed E-state index contributed by atoms with van der Waals surface area (Å²) < 4.78 is 0. The van der Waals surface area contributed by atoms with Gasteiger partial charge in [-0.15, -0.1) is 0 Å². The van der Waals surface area contributed by atoms with E-state index in [4.69, 9.17) is 5.11 Å². The van der Waals surface area contributed by atoms with Crippen LogP contribution in [0.15, 0.2) is 0 Å². The second-order valence-corrected chi connectivity index (χ2v) is 4.98. The second-order valence-electron chi connectivity index (χ2n) is 4.98. The predicted octanol–water partition coefficient (Wildman–Crippen LogP) is -1.11. The monoisotopic (exact) mass is 242 g/mol. The molecule has 4 unspecified atom stereocenters. The number of aliphatic carboxylic acids is 1. The first-order chi connectivity index (χ1) is 8.00. The molecule has 17 heavy (non-hydrogen) atoms. The number of carboxylic acid groups (broad SMARTS) is 1. The molecule has 2 fully saturated rings. The minimum absolute atomic E-state index is 0.135. The Morgan fingerprint density at radius 2 is 2.06 bits per heavy atom. The van der Waals surface area contributed by atoms with Crippen molar-refractivity contribution in [2.75, 3.05) is 19.6 Å². The van der Waals surface area contributed by atoms with Crippen LogP contribution in [0.3, 0.4) is 0 Å². The van der Waals surface area contributed by atoms with Crippen LogP contribution in [0.5, 0.6) is 0 Å². The van der Waals surface area contributed by atoms with Crippen LogP contribution >= 0.6 is 0 Å². The van der Waals surface area contributed by atoms with Crippen molar-refractivity contribution >= 4 is 11.9 Å². The van der Waals surface area contributed by atoms with Crippen LogP contribution in [0.1, 0.15) is 13.3 Å². The molecule has 0 saturated carbocycles. The van der Waals surface area contributed by atoms with E-state index in [1.54, 1.807) is 0 Å². The number of β-amino-alcohol motifs (C(OH)–C–C–N with tert-alkyl or cyclic N) is 1. The van der Waals surface area contributed by atoms with E-state index in [-0.39, 0.29) is 30.7 Å². The normalized spacial score (nSPS) is 37.4. The summed E-state index contributed by atoms with van der Waals surface area (Å²) in [6, 6.07) is -0.870. The van der Waals surface area contributed by atoms with Crippen molar-refractivity contribution in [3.8, 4) is 0 Å². The Kier molecular flexibility index (Phi) is 3.35. The van der Waals surface area contributed by atoms with E-state index in [0.717, 1.165) is 6.54 Å². The number of hydrogen-bond donors (Lipinski definition) is 3. The van der Waals surface area contributed by atoms with Gasteiger partial charge in [-0.1, -0.05) is 6.92 Å². The third kappa shape index (κ3) is 2.28. The molecule has 0 aromatic rings. The molecule has 0 aromatic carbocycles. The van der Waals surface area contributed by atoms with Crippen LogP contribution in [-0.2, 0) is 9.59 Å². The quantitative estimate of drug-likeness (QED) is 0.571. The minimum atomic E-state index is -1.03. The number of likely N-dealkylation sites (tertiary alicyclic amines) is 1. The Balaban J connectivity index is 2.10. The lowest BCUT2D eigenvalue weighted by Crippen LogP contribution is -2.45. The Morgan fingerprint density at radius 1 is 1.35 bits per heavy atom. The van der Waals surface area contributed by atoms with Gasteiger partial charge in [0.15, 0.2) is 0 Å². The molecular formula is C11H18N2O4. The first-order valence-corrected chi connectivity index (χ1v) is 5.92. The van der Waals surface area contributed by atoms with Gasteiger partial charge in [0, 0.05) is 19.5 Å². The molecule has 2 rings (SSSR count). The van der Waals surface area contributed by atoms with Crippen LogP contribution in [0.4, 0.5) is 0 Å². The zero-order valence-corrected chi connectivity index (χ0v) is 9.80. The number of aliphatic hydroxyl groups is 1. The summed E-state index contributed by atoms with van der Waals surface area (Å²) >= 11 is 0. The molecule has 2 saturated heterocycles. The van der Waals surface area contributed by atoms with Crippen molar-refractivity contribution in [3.63, 3.8) is 0 Å². The first kappa shape index (κ1) is 12.3. The fourth-order valence-corrected chi connectivity index (χ4v) is 2.65. The maximum atomic E-state index is 12.2. The molecule has 2 heterocycles. The van der Waals surface area contributed by atoms with Crippen molar-refractivity contribution in [3.05, 3.63) is 0 Å². The third-order valence-electron chi connectivity index (χ3n) is 3.68. The number of hydrogen-bond acceptors (Lipinski definition) is 4. The van der Waals surface area contributed by atoms with Crippen molar-refractivity contribution < 1.29 is 19.8 Å². The van der Waals surface area contributed by atoms with E-state index in [0.29, 0.717) is 6.54 Å². The summed E-state index contributed by atoms with van der Waals surface area (Å²) in [5, 5.41) is 21.7. The minimum Gasteiger partial charge on any atom is -0.480 e. The van der Waals surface area contributed by atoms with Crippen molar-refractivity contribution in [2.24, 2.45) is 11.8 Å². The van der Waals surface area contributed by atoms with E-state index in [2.05, 4.69) is 5.32 Å². The number of nitrogens with one attached hydrogen (secondary N) is 1. The third-order valence-corrected chi connectivity index (χ3v) is 3.68. The molecule has 6 heteroatoms. The average Bonchev–Trinajstić information content (AvgIpc) is 2.83. The number of aliphatic hydroxyl groups excluding tert-OH is 1. The summed E-state index contributed by atoms with van der Waals surface area (Å²) in [6.45, 7) is 3.49. The summed E-state index contributed by atoms with van der Waals surface area (Å²) in [7, 11) is 0. The Bertz CT molecular complexity index is 333. The molecule has 2 aliphatic heterocycles. The summed E-state index contributed by atoms with van der Waals surface area (Å²) in [6.07, 6.45) is -0.583. The number of nitrogens with zero attached hydrogens (tertiary/aromatic N) is 1. The molecule has 0 radical (unpaired) electrons. The summed E-state index contributed by atoms with van der Waals surface area (Å²) in [5.74, 6) is -1.13. The van der Waals surface area contributed by atoms with E-state index >= 15 is 0 Å². The van der Waals surface area contributed by atoms with Gasteiger partial charge in [0.25, 0.3) is 0 Å². The van der Waals surface area contributed by atoms with Gasteiger partial charge < -0.3 is 20.4 Å². The van der Waals surface area contributed by atoms with Crippen molar-refractivity contribution in [1.82, 2.24) is 10.2 Å². The molecule has 1 amide bonds. The van der Waals surface area contributed by atoms with Gasteiger partial charge in [0.2, 0.25) is 5.91 Å². The smallest absolute Gasteiger partial charge is 0.326 e. The molecule has 0 aliphatic carbocycles. The molecule has 6 nitrogen and oxygen atoms in total. The number of carbonyl (C=O) groups excluding carboxylic acids is 1. The fraction of sp³-hybridized carbons (Fsp3) is 0.818. The summed E-state index contributed by atoms with van der Waals surface area (Å²) in [5.41, 5.74) is 0. The topological polar surface area (TPSA) is 89.9 Å². The highest BCUT2D eigenvalue weighted by Gasteiger charge is 2.43. The maximum absolute atomic E-state index is 12.2. The Morgan fingerprint density at radius 3 is 2.59 bits per heavy atom. The lowest BCUT2D eigenvalue weighted by molar-refractivity contribution is -0.150. The number of carboxylic acids is 1.